The summed E-state index contributed by atoms with van der Waals surface area (Å²) in [6.45, 7) is 0.738. The largest absolute Gasteiger partial charge is 0.457 e. The van der Waals surface area contributed by atoms with E-state index in [1.165, 1.54) is 6.33 Å². The van der Waals surface area contributed by atoms with Crippen molar-refractivity contribution in [3.05, 3.63) is 85.3 Å². The van der Waals surface area contributed by atoms with Crippen LogP contribution in [0.1, 0.15) is 18.9 Å². The number of carbonyl (C=O) groups is 1. The summed E-state index contributed by atoms with van der Waals surface area (Å²) in [5.74, 6) is 2.61. The number of carbonyl (C=O) groups excluding carboxylic acids is 1. The molecule has 0 bridgehead atoms. The van der Waals surface area contributed by atoms with Gasteiger partial charge in [0.1, 0.15) is 29.1 Å². The average molecular weight is 484 g/mol. The highest BCUT2D eigenvalue weighted by Crippen LogP contribution is 2.38. The minimum atomic E-state index is -0.0512. The van der Waals surface area contributed by atoms with E-state index in [4.69, 9.17) is 9.47 Å². The predicted molar refractivity (Wildman–Crippen MR) is 138 cm³/mol. The molecule has 4 aromatic rings. The fraction of sp³-hybridized carbons (Fsp3) is 0.250. The maximum atomic E-state index is 12.1. The van der Waals surface area contributed by atoms with E-state index in [0.717, 1.165) is 41.9 Å². The van der Waals surface area contributed by atoms with Gasteiger partial charge in [0.15, 0.2) is 0 Å². The van der Waals surface area contributed by atoms with E-state index >= 15 is 0 Å². The van der Waals surface area contributed by atoms with Crippen LogP contribution in [0.3, 0.4) is 0 Å². The van der Waals surface area contributed by atoms with Crippen LogP contribution in [0.25, 0.3) is 11.0 Å². The first-order valence-electron chi connectivity index (χ1n) is 12.0. The van der Waals surface area contributed by atoms with E-state index in [0.29, 0.717) is 11.6 Å². The van der Waals surface area contributed by atoms with E-state index < -0.39 is 0 Å². The second-order valence-electron chi connectivity index (χ2n) is 9.12. The van der Waals surface area contributed by atoms with Crippen LogP contribution in [0.15, 0.2) is 85.3 Å². The highest BCUT2D eigenvalue weighted by Gasteiger charge is 2.32. The first-order valence-corrected chi connectivity index (χ1v) is 12.0. The highest BCUT2D eigenvalue weighted by atomic mass is 16.5. The summed E-state index contributed by atoms with van der Waals surface area (Å²) >= 11 is 0. The molecule has 1 fully saturated rings. The zero-order valence-corrected chi connectivity index (χ0v) is 20.4. The Morgan fingerprint density at radius 3 is 2.42 bits per heavy atom. The number of ether oxygens (including phenoxy) is 2. The number of nitrogens with zero attached hydrogens (tertiary/aromatic N) is 4. The van der Waals surface area contributed by atoms with Gasteiger partial charge in [-0.25, -0.2) is 4.98 Å². The van der Waals surface area contributed by atoms with E-state index in [1.54, 1.807) is 6.08 Å². The first kappa shape index (κ1) is 23.6. The molecule has 0 radical (unpaired) electrons. The fourth-order valence-corrected chi connectivity index (χ4v) is 4.21. The number of benzene rings is 2. The van der Waals surface area contributed by atoms with Crippen LogP contribution < -0.4 is 14.8 Å². The van der Waals surface area contributed by atoms with Gasteiger partial charge >= 0.3 is 0 Å². The number of aromatic nitrogens is 3. The van der Waals surface area contributed by atoms with Crippen LogP contribution in [0.5, 0.6) is 23.1 Å². The summed E-state index contributed by atoms with van der Waals surface area (Å²) in [4.78, 5) is 23.0. The third kappa shape index (κ3) is 5.55. The van der Waals surface area contributed by atoms with Gasteiger partial charge in [-0.2, -0.15) is 4.98 Å². The molecular formula is C28H29N5O3. The van der Waals surface area contributed by atoms with E-state index in [9.17, 15) is 4.79 Å². The standard InChI is InChI=1S/C28H29N5O3/c1-32(2)15-6-9-26(34)31-20-17-21(18-20)33-16-14-25-27(33)28(30-19-29-25)36-24-12-10-23(11-13-24)35-22-7-4-3-5-8-22/h3-14,16,19-21H,15,17-18H2,1-2H3,(H,31,34)/b9-6+/t20-,21-. The number of para-hydroxylation sites is 1. The van der Waals surface area contributed by atoms with E-state index in [2.05, 4.69) is 19.9 Å². The summed E-state index contributed by atoms with van der Waals surface area (Å²) in [7, 11) is 3.94. The molecule has 0 atom stereocenters. The first-order chi connectivity index (χ1) is 17.5. The molecule has 0 unspecified atom stereocenters. The van der Waals surface area contributed by atoms with Crippen molar-refractivity contribution in [1.29, 1.82) is 0 Å². The van der Waals surface area contributed by atoms with Crippen molar-refractivity contribution < 1.29 is 14.3 Å². The lowest BCUT2D eigenvalue weighted by Gasteiger charge is -2.37. The van der Waals surface area contributed by atoms with Crippen LogP contribution in [-0.4, -0.2) is 52.0 Å². The molecule has 0 saturated heterocycles. The number of nitrogens with one attached hydrogen (secondary N) is 1. The minimum absolute atomic E-state index is 0.0512. The molecule has 5 rings (SSSR count). The van der Waals surface area contributed by atoms with Crippen LogP contribution in [0.2, 0.25) is 0 Å². The molecule has 8 nitrogen and oxygen atoms in total. The zero-order chi connectivity index (χ0) is 24.9. The Kier molecular flexibility index (Phi) is 6.95. The topological polar surface area (TPSA) is 81.5 Å². The van der Waals surface area contributed by atoms with Gasteiger partial charge in [-0.3, -0.25) is 4.79 Å². The fourth-order valence-electron chi connectivity index (χ4n) is 4.21. The summed E-state index contributed by atoms with van der Waals surface area (Å²) in [5.41, 5.74) is 1.67. The number of amides is 1. The molecule has 0 spiro atoms. The normalized spacial score (nSPS) is 17.3. The van der Waals surface area contributed by atoms with Crippen molar-refractivity contribution in [2.24, 2.45) is 0 Å². The molecular weight excluding hydrogens is 454 g/mol. The lowest BCUT2D eigenvalue weighted by Crippen LogP contribution is -2.44. The number of hydrogen-bond acceptors (Lipinski definition) is 6. The van der Waals surface area contributed by atoms with Crippen molar-refractivity contribution in [3.8, 4) is 23.1 Å². The Balaban J connectivity index is 1.24. The molecule has 8 heteroatoms. The Morgan fingerprint density at radius 2 is 1.69 bits per heavy atom. The Morgan fingerprint density at radius 1 is 1.00 bits per heavy atom. The third-order valence-corrected chi connectivity index (χ3v) is 6.08. The predicted octanol–water partition coefficient (Wildman–Crippen LogP) is 4.95. The van der Waals surface area contributed by atoms with Crippen molar-refractivity contribution in [2.75, 3.05) is 20.6 Å². The molecule has 2 heterocycles. The van der Waals surface area contributed by atoms with Gasteiger partial charge in [-0.1, -0.05) is 24.3 Å². The van der Waals surface area contributed by atoms with E-state index in [-0.39, 0.29) is 18.0 Å². The van der Waals surface area contributed by atoms with Crippen molar-refractivity contribution >= 4 is 16.9 Å². The number of hydrogen-bond donors (Lipinski definition) is 1. The summed E-state index contributed by atoms with van der Waals surface area (Å²) in [6, 6.07) is 19.5. The second-order valence-corrected chi connectivity index (χ2v) is 9.12. The lowest BCUT2D eigenvalue weighted by atomic mass is 9.86. The molecule has 1 saturated carbocycles. The van der Waals surface area contributed by atoms with Gasteiger partial charge in [0.05, 0.1) is 5.52 Å². The molecule has 0 aliphatic heterocycles. The molecule has 1 N–H and O–H groups in total. The van der Waals surface area contributed by atoms with Gasteiger partial charge in [-0.15, -0.1) is 0 Å². The van der Waals surface area contributed by atoms with Gasteiger partial charge in [0.25, 0.3) is 0 Å². The molecule has 1 aliphatic rings. The second kappa shape index (κ2) is 10.6. The van der Waals surface area contributed by atoms with Gasteiger partial charge in [0.2, 0.25) is 11.8 Å². The quantitative estimate of drug-likeness (QED) is 0.339. The minimum Gasteiger partial charge on any atom is -0.457 e. The van der Waals surface area contributed by atoms with Crippen molar-refractivity contribution in [1.82, 2.24) is 24.8 Å². The molecule has 1 amide bonds. The van der Waals surface area contributed by atoms with Crippen molar-refractivity contribution in [3.63, 3.8) is 0 Å². The maximum Gasteiger partial charge on any atom is 0.247 e. The summed E-state index contributed by atoms with van der Waals surface area (Å²) in [6.07, 6.45) is 8.69. The van der Waals surface area contributed by atoms with Gasteiger partial charge in [0, 0.05) is 30.9 Å². The SMILES string of the molecule is CN(C)C/C=C/C(=O)N[C@H]1C[C@H](n2ccc3ncnc(Oc4ccc(Oc5ccccc5)cc4)c32)C1. The van der Waals surface area contributed by atoms with Crippen molar-refractivity contribution in [2.45, 2.75) is 24.9 Å². The van der Waals surface area contributed by atoms with E-state index in [1.807, 2.05) is 91.9 Å². The number of fused-ring (bicyclic) bond motifs is 1. The Labute approximate surface area is 210 Å². The molecule has 184 valence electrons. The summed E-state index contributed by atoms with van der Waals surface area (Å²) < 4.78 is 14.2. The third-order valence-electron chi connectivity index (χ3n) is 6.08. The molecule has 1 aliphatic carbocycles. The van der Waals surface area contributed by atoms with Crippen LogP contribution in [0, 0.1) is 0 Å². The Bertz CT molecular complexity index is 1340. The Hall–Kier alpha value is -4.17. The van der Waals surface area contributed by atoms with Crippen LogP contribution >= 0.6 is 0 Å². The van der Waals surface area contributed by atoms with Gasteiger partial charge < -0.3 is 24.3 Å². The lowest BCUT2D eigenvalue weighted by molar-refractivity contribution is -0.117. The molecule has 2 aromatic heterocycles. The maximum absolute atomic E-state index is 12.1. The number of rotatable bonds is 9. The smallest absolute Gasteiger partial charge is 0.247 e. The summed E-state index contributed by atoms with van der Waals surface area (Å²) in [5, 5.41) is 3.08. The van der Waals surface area contributed by atoms with Gasteiger partial charge in [-0.05, 0) is 69.4 Å². The average Bonchev–Trinajstić information content (AvgIpc) is 3.27. The van der Waals surface area contributed by atoms with Crippen LogP contribution in [0.4, 0.5) is 0 Å². The monoisotopic (exact) mass is 483 g/mol. The van der Waals surface area contributed by atoms with Crippen LogP contribution in [-0.2, 0) is 4.79 Å². The molecule has 2 aromatic carbocycles. The number of likely N-dealkylation sites (N-methyl/N-ethyl adjacent to an activating group) is 1. The zero-order valence-electron chi connectivity index (χ0n) is 20.4. The molecule has 36 heavy (non-hydrogen) atoms. The highest BCUT2D eigenvalue weighted by molar-refractivity contribution is 5.87.